The Bertz CT molecular complexity index is 957. The topological polar surface area (TPSA) is 95.9 Å². The molecule has 7 nitrogen and oxygen atoms in total. The summed E-state index contributed by atoms with van der Waals surface area (Å²) in [6.07, 6.45) is 1.39. The van der Waals surface area contributed by atoms with Gasteiger partial charge in [0.05, 0.1) is 18.6 Å². The maximum atomic E-state index is 12.8. The van der Waals surface area contributed by atoms with Crippen molar-refractivity contribution in [2.24, 2.45) is 0 Å². The fourth-order valence-electron chi connectivity index (χ4n) is 3.38. The zero-order valence-corrected chi connectivity index (χ0v) is 16.7. The standard InChI is InChI=1S/C20H24N2O5S/c1-14-12-15(5-10-19(14)27-2)20(24)21-16-6-8-18(9-7-16)28(25,26)22-11-3-4-17(22)13-23/h5-10,12,17,23H,3-4,11,13H2,1-2H3,(H,21,24). The van der Waals surface area contributed by atoms with Gasteiger partial charge in [0.1, 0.15) is 5.75 Å². The first-order valence-electron chi connectivity index (χ1n) is 9.05. The number of aliphatic hydroxyl groups is 1. The Morgan fingerprint density at radius 2 is 1.96 bits per heavy atom. The Kier molecular flexibility index (Phi) is 6.02. The third-order valence-electron chi connectivity index (χ3n) is 4.91. The van der Waals surface area contributed by atoms with E-state index in [2.05, 4.69) is 5.32 Å². The van der Waals surface area contributed by atoms with Crippen LogP contribution in [0.3, 0.4) is 0 Å². The average Bonchev–Trinajstić information content (AvgIpc) is 3.18. The minimum Gasteiger partial charge on any atom is -0.496 e. The molecule has 1 heterocycles. The number of nitrogens with one attached hydrogen (secondary N) is 1. The van der Waals surface area contributed by atoms with Crippen molar-refractivity contribution in [3.63, 3.8) is 0 Å². The normalized spacial score (nSPS) is 17.5. The molecule has 0 aliphatic carbocycles. The highest BCUT2D eigenvalue weighted by Gasteiger charge is 2.34. The molecule has 1 saturated heterocycles. The molecule has 3 rings (SSSR count). The van der Waals surface area contributed by atoms with Crippen LogP contribution in [0.1, 0.15) is 28.8 Å². The third-order valence-corrected chi connectivity index (χ3v) is 6.88. The number of hydrogen-bond donors (Lipinski definition) is 2. The second kappa shape index (κ2) is 8.30. The predicted octanol–water partition coefficient (Wildman–Crippen LogP) is 2.40. The molecule has 28 heavy (non-hydrogen) atoms. The van der Waals surface area contributed by atoms with Gasteiger partial charge < -0.3 is 15.2 Å². The predicted molar refractivity (Wildman–Crippen MR) is 106 cm³/mol. The van der Waals surface area contributed by atoms with Crippen LogP contribution in [-0.2, 0) is 10.0 Å². The quantitative estimate of drug-likeness (QED) is 0.771. The number of carbonyl (C=O) groups is 1. The molecule has 2 aromatic carbocycles. The van der Waals surface area contributed by atoms with Crippen molar-refractivity contribution < 1.29 is 23.1 Å². The largest absolute Gasteiger partial charge is 0.496 e. The number of ether oxygens (including phenoxy) is 1. The Morgan fingerprint density at radius 3 is 2.57 bits per heavy atom. The molecule has 1 atom stereocenters. The van der Waals surface area contributed by atoms with Crippen molar-refractivity contribution >= 4 is 21.6 Å². The number of hydrogen-bond acceptors (Lipinski definition) is 5. The average molecular weight is 404 g/mol. The molecule has 1 unspecified atom stereocenters. The molecule has 2 aromatic rings. The van der Waals surface area contributed by atoms with Crippen LogP contribution < -0.4 is 10.1 Å². The zero-order chi connectivity index (χ0) is 20.3. The van der Waals surface area contributed by atoms with E-state index >= 15 is 0 Å². The van der Waals surface area contributed by atoms with Crippen LogP contribution in [-0.4, -0.2) is 50.0 Å². The van der Waals surface area contributed by atoms with Crippen LogP contribution in [0.2, 0.25) is 0 Å². The van der Waals surface area contributed by atoms with Gasteiger partial charge in [0.15, 0.2) is 0 Å². The number of benzene rings is 2. The molecule has 0 aromatic heterocycles. The van der Waals surface area contributed by atoms with Crippen LogP contribution in [0.4, 0.5) is 5.69 Å². The maximum Gasteiger partial charge on any atom is 0.255 e. The van der Waals surface area contributed by atoms with Crippen molar-refractivity contribution in [3.8, 4) is 5.75 Å². The summed E-state index contributed by atoms with van der Waals surface area (Å²) in [5, 5.41) is 12.2. The highest BCUT2D eigenvalue weighted by Crippen LogP contribution is 2.27. The SMILES string of the molecule is COc1ccc(C(=O)Nc2ccc(S(=O)(=O)N3CCCC3CO)cc2)cc1C. The van der Waals surface area contributed by atoms with Crippen LogP contribution in [0, 0.1) is 6.92 Å². The first-order chi connectivity index (χ1) is 13.4. The lowest BCUT2D eigenvalue weighted by atomic mass is 10.1. The van der Waals surface area contributed by atoms with Gasteiger partial charge >= 0.3 is 0 Å². The number of amides is 1. The molecule has 1 aliphatic rings. The van der Waals surface area contributed by atoms with Gasteiger partial charge in [-0.1, -0.05) is 0 Å². The van der Waals surface area contributed by atoms with Gasteiger partial charge in [0, 0.05) is 23.8 Å². The van der Waals surface area contributed by atoms with Crippen molar-refractivity contribution in [1.29, 1.82) is 0 Å². The Balaban J connectivity index is 1.74. The number of anilines is 1. The second-order valence-corrected chi connectivity index (χ2v) is 8.65. The molecule has 1 aliphatic heterocycles. The molecule has 1 fully saturated rings. The Morgan fingerprint density at radius 1 is 1.25 bits per heavy atom. The van der Waals surface area contributed by atoms with Gasteiger partial charge in [-0.25, -0.2) is 8.42 Å². The lowest BCUT2D eigenvalue weighted by Gasteiger charge is -2.22. The van der Waals surface area contributed by atoms with E-state index < -0.39 is 10.0 Å². The summed E-state index contributed by atoms with van der Waals surface area (Å²) in [6.45, 7) is 2.07. The highest BCUT2D eigenvalue weighted by molar-refractivity contribution is 7.89. The lowest BCUT2D eigenvalue weighted by molar-refractivity contribution is 0.102. The highest BCUT2D eigenvalue weighted by atomic mass is 32.2. The fourth-order valence-corrected chi connectivity index (χ4v) is 5.06. The van der Waals surface area contributed by atoms with Crippen LogP contribution in [0.25, 0.3) is 0 Å². The van der Waals surface area contributed by atoms with Crippen LogP contribution in [0.5, 0.6) is 5.75 Å². The minimum absolute atomic E-state index is 0.145. The summed E-state index contributed by atoms with van der Waals surface area (Å²) in [4.78, 5) is 12.6. The number of nitrogens with zero attached hydrogens (tertiary/aromatic N) is 1. The van der Waals surface area contributed by atoms with Gasteiger partial charge in [0.2, 0.25) is 10.0 Å². The van der Waals surface area contributed by atoms with E-state index in [1.54, 1.807) is 37.4 Å². The van der Waals surface area contributed by atoms with E-state index in [-0.39, 0.29) is 23.5 Å². The van der Waals surface area contributed by atoms with Crippen molar-refractivity contribution in [2.45, 2.75) is 30.7 Å². The van der Waals surface area contributed by atoms with E-state index in [1.165, 1.54) is 16.4 Å². The van der Waals surface area contributed by atoms with Crippen molar-refractivity contribution in [1.82, 2.24) is 4.31 Å². The van der Waals surface area contributed by atoms with Crippen LogP contribution >= 0.6 is 0 Å². The molecule has 0 spiro atoms. The fraction of sp³-hybridized carbons (Fsp3) is 0.350. The van der Waals surface area contributed by atoms with Crippen molar-refractivity contribution in [2.75, 3.05) is 25.6 Å². The van der Waals surface area contributed by atoms with Gasteiger partial charge in [-0.15, -0.1) is 0 Å². The van der Waals surface area contributed by atoms with E-state index in [1.807, 2.05) is 6.92 Å². The summed E-state index contributed by atoms with van der Waals surface area (Å²) >= 11 is 0. The number of rotatable bonds is 6. The molecule has 8 heteroatoms. The van der Waals surface area contributed by atoms with E-state index in [4.69, 9.17) is 4.74 Å². The summed E-state index contributed by atoms with van der Waals surface area (Å²) in [6, 6.07) is 10.8. The molecular formula is C20H24N2O5S. The Labute approximate surface area is 165 Å². The smallest absolute Gasteiger partial charge is 0.255 e. The first-order valence-corrected chi connectivity index (χ1v) is 10.5. The number of aliphatic hydroxyl groups excluding tert-OH is 1. The number of sulfonamides is 1. The van der Waals surface area contributed by atoms with Crippen LogP contribution in [0.15, 0.2) is 47.4 Å². The van der Waals surface area contributed by atoms with Gasteiger partial charge in [-0.05, 0) is 67.8 Å². The molecular weight excluding hydrogens is 380 g/mol. The minimum atomic E-state index is -3.66. The van der Waals surface area contributed by atoms with E-state index in [0.29, 0.717) is 30.0 Å². The molecule has 1 amide bonds. The van der Waals surface area contributed by atoms with E-state index in [9.17, 15) is 18.3 Å². The molecule has 150 valence electrons. The third kappa shape index (κ3) is 4.04. The molecule has 0 saturated carbocycles. The monoisotopic (exact) mass is 404 g/mol. The molecule has 2 N–H and O–H groups in total. The summed E-state index contributed by atoms with van der Waals surface area (Å²) in [5.74, 6) is 0.412. The van der Waals surface area contributed by atoms with Crippen molar-refractivity contribution in [3.05, 3.63) is 53.6 Å². The number of methoxy groups -OCH3 is 1. The van der Waals surface area contributed by atoms with E-state index in [0.717, 1.165) is 12.0 Å². The second-order valence-electron chi connectivity index (χ2n) is 6.76. The summed E-state index contributed by atoms with van der Waals surface area (Å²) < 4.78 is 32.1. The summed E-state index contributed by atoms with van der Waals surface area (Å²) in [7, 11) is -2.09. The van der Waals surface area contributed by atoms with Gasteiger partial charge in [-0.3, -0.25) is 4.79 Å². The van der Waals surface area contributed by atoms with Gasteiger partial charge in [-0.2, -0.15) is 4.31 Å². The zero-order valence-electron chi connectivity index (χ0n) is 15.9. The summed E-state index contributed by atoms with van der Waals surface area (Å²) in [5.41, 5.74) is 1.83. The number of aryl methyl sites for hydroxylation is 1. The molecule has 0 radical (unpaired) electrons. The molecule has 0 bridgehead atoms. The van der Waals surface area contributed by atoms with Gasteiger partial charge in [0.25, 0.3) is 5.91 Å². The number of carbonyl (C=O) groups excluding carboxylic acids is 1. The maximum absolute atomic E-state index is 12.8. The first kappa shape index (κ1) is 20.3. The Hall–Kier alpha value is -2.42. The lowest BCUT2D eigenvalue weighted by Crippen LogP contribution is -2.37.